The molecule has 21 heavy (non-hydrogen) atoms. The third-order valence-electron chi connectivity index (χ3n) is 4.06. The number of hydrogen-bond acceptors (Lipinski definition) is 3. The summed E-state index contributed by atoms with van der Waals surface area (Å²) in [6.07, 6.45) is 4.72. The number of aromatic nitrogens is 2. The first-order valence-corrected chi connectivity index (χ1v) is 7.75. The Kier molecular flexibility index (Phi) is 4.71. The van der Waals surface area contributed by atoms with E-state index in [0.717, 1.165) is 12.2 Å². The fourth-order valence-electron chi connectivity index (χ4n) is 3.12. The van der Waals surface area contributed by atoms with Crippen molar-refractivity contribution in [2.75, 3.05) is 13.1 Å². The molecule has 118 valence electrons. The first kappa shape index (κ1) is 16.0. The van der Waals surface area contributed by atoms with Gasteiger partial charge in [-0.3, -0.25) is 4.79 Å². The van der Waals surface area contributed by atoms with Crippen LogP contribution in [0, 0.1) is 5.41 Å². The minimum atomic E-state index is -0.308. The molecule has 5 nitrogen and oxygen atoms in total. The van der Waals surface area contributed by atoms with Crippen LogP contribution in [-0.2, 0) is 11.3 Å². The van der Waals surface area contributed by atoms with Crippen LogP contribution in [0.3, 0.4) is 0 Å². The third kappa shape index (κ3) is 4.06. The lowest BCUT2D eigenvalue weighted by molar-refractivity contribution is -0.133. The number of hydrogen-bond donors (Lipinski definition) is 1. The summed E-state index contributed by atoms with van der Waals surface area (Å²) < 4.78 is 1.93. The van der Waals surface area contributed by atoms with Crippen molar-refractivity contribution in [2.45, 2.75) is 59.1 Å². The number of aliphatic hydroxyl groups excluding tert-OH is 1. The van der Waals surface area contributed by atoms with Crippen LogP contribution in [0.15, 0.2) is 12.4 Å². The average molecular weight is 293 g/mol. The van der Waals surface area contributed by atoms with Crippen LogP contribution < -0.4 is 0 Å². The molecule has 0 bridgehead atoms. The molecule has 0 radical (unpaired) electrons. The van der Waals surface area contributed by atoms with Gasteiger partial charge in [0.15, 0.2) is 0 Å². The van der Waals surface area contributed by atoms with Crippen molar-refractivity contribution in [3.05, 3.63) is 18.2 Å². The Hall–Kier alpha value is -1.36. The van der Waals surface area contributed by atoms with E-state index in [1.54, 1.807) is 6.20 Å². The maximum absolute atomic E-state index is 12.6. The summed E-state index contributed by atoms with van der Waals surface area (Å²) in [6.45, 7) is 10.0. The van der Waals surface area contributed by atoms with Gasteiger partial charge in [-0.15, -0.1) is 0 Å². The minimum Gasteiger partial charge on any atom is -0.393 e. The SMILES string of the molecule is CC(C)c1nccn1CC(=O)N1CCC(O)CC(C)(C)C1. The molecular formula is C16H27N3O2. The van der Waals surface area contributed by atoms with Gasteiger partial charge in [-0.05, 0) is 18.3 Å². The van der Waals surface area contributed by atoms with E-state index in [1.807, 2.05) is 15.7 Å². The molecule has 0 saturated carbocycles. The van der Waals surface area contributed by atoms with Gasteiger partial charge in [-0.2, -0.15) is 0 Å². The molecule has 1 aliphatic heterocycles. The first-order valence-electron chi connectivity index (χ1n) is 7.75. The lowest BCUT2D eigenvalue weighted by atomic mass is 9.87. The highest BCUT2D eigenvalue weighted by atomic mass is 16.3. The highest BCUT2D eigenvalue weighted by Gasteiger charge is 2.31. The summed E-state index contributed by atoms with van der Waals surface area (Å²) in [6, 6.07) is 0. The molecular weight excluding hydrogens is 266 g/mol. The maximum atomic E-state index is 12.6. The summed E-state index contributed by atoms with van der Waals surface area (Å²) >= 11 is 0. The molecule has 2 rings (SSSR count). The second-order valence-corrected chi connectivity index (χ2v) is 7.19. The summed E-state index contributed by atoms with van der Waals surface area (Å²) in [7, 11) is 0. The predicted molar refractivity (Wildman–Crippen MR) is 81.9 cm³/mol. The molecule has 1 aromatic rings. The number of rotatable bonds is 3. The molecule has 1 atom stereocenters. The largest absolute Gasteiger partial charge is 0.393 e. The molecule has 1 fully saturated rings. The smallest absolute Gasteiger partial charge is 0.242 e. The van der Waals surface area contributed by atoms with Crippen molar-refractivity contribution in [3.8, 4) is 0 Å². The molecule has 1 unspecified atom stereocenters. The quantitative estimate of drug-likeness (QED) is 0.927. The van der Waals surface area contributed by atoms with Crippen LogP contribution in [0.5, 0.6) is 0 Å². The summed E-state index contributed by atoms with van der Waals surface area (Å²) in [5.74, 6) is 1.35. The van der Waals surface area contributed by atoms with E-state index < -0.39 is 0 Å². The number of nitrogens with zero attached hydrogens (tertiary/aromatic N) is 3. The number of amides is 1. The fraction of sp³-hybridized carbons (Fsp3) is 0.750. The van der Waals surface area contributed by atoms with Crippen molar-refractivity contribution in [3.63, 3.8) is 0 Å². The second-order valence-electron chi connectivity index (χ2n) is 7.19. The number of likely N-dealkylation sites (tertiary alicyclic amines) is 1. The van der Waals surface area contributed by atoms with Crippen LogP contribution in [-0.4, -0.2) is 44.7 Å². The van der Waals surface area contributed by atoms with E-state index in [-0.39, 0.29) is 17.4 Å². The molecule has 5 heteroatoms. The Labute approximate surface area is 127 Å². The zero-order chi connectivity index (χ0) is 15.6. The predicted octanol–water partition coefficient (Wildman–Crippen LogP) is 2.02. The van der Waals surface area contributed by atoms with Gasteiger partial charge < -0.3 is 14.6 Å². The van der Waals surface area contributed by atoms with Crippen molar-refractivity contribution in [1.82, 2.24) is 14.5 Å². The molecule has 0 aliphatic carbocycles. The molecule has 2 heterocycles. The number of carbonyl (C=O) groups is 1. The fourth-order valence-corrected chi connectivity index (χ4v) is 3.12. The van der Waals surface area contributed by atoms with Crippen molar-refractivity contribution in [1.29, 1.82) is 0 Å². The van der Waals surface area contributed by atoms with Gasteiger partial charge in [0.05, 0.1) is 6.10 Å². The van der Waals surface area contributed by atoms with Crippen LogP contribution in [0.2, 0.25) is 0 Å². The number of carbonyl (C=O) groups excluding carboxylic acids is 1. The Morgan fingerprint density at radius 1 is 1.52 bits per heavy atom. The molecule has 1 aliphatic rings. The lowest BCUT2D eigenvalue weighted by Crippen LogP contribution is -2.39. The van der Waals surface area contributed by atoms with E-state index >= 15 is 0 Å². The summed E-state index contributed by atoms with van der Waals surface area (Å²) in [4.78, 5) is 18.8. The van der Waals surface area contributed by atoms with Gasteiger partial charge in [0.25, 0.3) is 0 Å². The molecule has 0 spiro atoms. The van der Waals surface area contributed by atoms with E-state index in [1.165, 1.54) is 0 Å². The van der Waals surface area contributed by atoms with E-state index in [9.17, 15) is 9.90 Å². The van der Waals surface area contributed by atoms with Crippen LogP contribution in [0.4, 0.5) is 0 Å². The van der Waals surface area contributed by atoms with Crippen molar-refractivity contribution < 1.29 is 9.90 Å². The highest BCUT2D eigenvalue weighted by molar-refractivity contribution is 5.76. The molecule has 0 aromatic carbocycles. The maximum Gasteiger partial charge on any atom is 0.242 e. The normalized spacial score (nSPS) is 22.4. The van der Waals surface area contributed by atoms with E-state index in [4.69, 9.17) is 0 Å². The van der Waals surface area contributed by atoms with Gasteiger partial charge in [0.2, 0.25) is 5.91 Å². The monoisotopic (exact) mass is 293 g/mol. The number of aliphatic hydroxyl groups is 1. The van der Waals surface area contributed by atoms with Gasteiger partial charge >= 0.3 is 0 Å². The van der Waals surface area contributed by atoms with Gasteiger partial charge in [-0.25, -0.2) is 4.98 Å². The van der Waals surface area contributed by atoms with E-state index in [2.05, 4.69) is 32.7 Å². The standard InChI is InChI=1S/C16H27N3O2/c1-12(2)15-17-6-8-18(15)10-14(21)19-7-5-13(20)9-16(3,4)11-19/h6,8,12-13,20H,5,7,9-11H2,1-4H3. The van der Waals surface area contributed by atoms with Crippen LogP contribution in [0.25, 0.3) is 0 Å². The summed E-state index contributed by atoms with van der Waals surface area (Å²) in [5.41, 5.74) is -0.0403. The molecule has 1 aromatic heterocycles. The Balaban J connectivity index is 2.07. The Bertz CT molecular complexity index is 493. The van der Waals surface area contributed by atoms with E-state index in [0.29, 0.717) is 32.0 Å². The second kappa shape index (κ2) is 6.18. The highest BCUT2D eigenvalue weighted by Crippen LogP contribution is 2.28. The minimum absolute atomic E-state index is 0.0403. The van der Waals surface area contributed by atoms with Crippen LogP contribution >= 0.6 is 0 Å². The van der Waals surface area contributed by atoms with Crippen molar-refractivity contribution in [2.24, 2.45) is 5.41 Å². The molecule has 1 saturated heterocycles. The lowest BCUT2D eigenvalue weighted by Gasteiger charge is -2.30. The van der Waals surface area contributed by atoms with Gasteiger partial charge in [0, 0.05) is 31.4 Å². The van der Waals surface area contributed by atoms with Gasteiger partial charge in [-0.1, -0.05) is 27.7 Å². The third-order valence-corrected chi connectivity index (χ3v) is 4.06. The molecule has 1 amide bonds. The van der Waals surface area contributed by atoms with Gasteiger partial charge in [0.1, 0.15) is 12.4 Å². The summed E-state index contributed by atoms with van der Waals surface area (Å²) in [5, 5.41) is 9.94. The van der Waals surface area contributed by atoms with Crippen LogP contribution in [0.1, 0.15) is 52.3 Å². The number of imidazole rings is 1. The Morgan fingerprint density at radius 3 is 2.90 bits per heavy atom. The Morgan fingerprint density at radius 2 is 2.24 bits per heavy atom. The van der Waals surface area contributed by atoms with Crippen molar-refractivity contribution >= 4 is 5.91 Å². The zero-order valence-corrected chi connectivity index (χ0v) is 13.5. The topological polar surface area (TPSA) is 58.4 Å². The molecule has 1 N–H and O–H groups in total. The average Bonchev–Trinajstić information content (AvgIpc) is 2.76. The zero-order valence-electron chi connectivity index (χ0n) is 13.5. The first-order chi connectivity index (χ1) is 9.78.